The quantitative estimate of drug-likeness (QED) is 0.530. The van der Waals surface area contributed by atoms with E-state index in [-0.39, 0.29) is 5.97 Å². The summed E-state index contributed by atoms with van der Waals surface area (Å²) in [7, 11) is 1.62. The lowest BCUT2D eigenvalue weighted by Crippen LogP contribution is -2.39. The Kier molecular flexibility index (Phi) is 4.33. The third-order valence-corrected chi connectivity index (χ3v) is 2.90. The van der Waals surface area contributed by atoms with Crippen molar-refractivity contribution in [3.05, 3.63) is 12.2 Å². The van der Waals surface area contributed by atoms with Crippen LogP contribution in [0.1, 0.15) is 32.6 Å². The Balaban J connectivity index is 2.76. The summed E-state index contributed by atoms with van der Waals surface area (Å²) >= 11 is 0. The molecule has 1 aliphatic carbocycles. The van der Waals surface area contributed by atoms with Gasteiger partial charge in [0, 0.05) is 7.11 Å². The predicted octanol–water partition coefficient (Wildman–Crippen LogP) is 2.31. The minimum atomic E-state index is -0.472. The monoisotopic (exact) mass is 212 g/mol. The summed E-state index contributed by atoms with van der Waals surface area (Å²) in [6, 6.07) is 0. The topological polar surface area (TPSA) is 35.5 Å². The highest BCUT2D eigenvalue weighted by atomic mass is 16.5. The lowest BCUT2D eigenvalue weighted by atomic mass is 9.73. The number of carbonyl (C=O) groups is 1. The molecule has 0 amide bonds. The maximum absolute atomic E-state index is 11.9. The molecule has 1 saturated carbocycles. The molecule has 1 fully saturated rings. The van der Waals surface area contributed by atoms with Crippen LogP contribution in [-0.4, -0.2) is 26.3 Å². The van der Waals surface area contributed by atoms with Crippen LogP contribution in [-0.2, 0) is 14.3 Å². The molecular formula is C12H20O3. The van der Waals surface area contributed by atoms with Gasteiger partial charge in [0.2, 0.25) is 0 Å². The number of esters is 1. The predicted molar refractivity (Wildman–Crippen MR) is 58.6 cm³/mol. The molecule has 0 aliphatic heterocycles. The number of rotatable bonds is 4. The second kappa shape index (κ2) is 5.31. The van der Waals surface area contributed by atoms with Gasteiger partial charge in [-0.2, -0.15) is 0 Å². The van der Waals surface area contributed by atoms with Crippen molar-refractivity contribution < 1.29 is 14.3 Å². The van der Waals surface area contributed by atoms with Crippen molar-refractivity contribution in [1.29, 1.82) is 0 Å². The van der Waals surface area contributed by atoms with Gasteiger partial charge >= 0.3 is 5.97 Å². The van der Waals surface area contributed by atoms with Gasteiger partial charge in [0.25, 0.3) is 0 Å². The highest BCUT2D eigenvalue weighted by molar-refractivity contribution is 5.77. The van der Waals surface area contributed by atoms with Crippen LogP contribution in [0.2, 0.25) is 0 Å². The van der Waals surface area contributed by atoms with Gasteiger partial charge in [-0.1, -0.05) is 12.2 Å². The number of carbonyl (C=O) groups excluding carboxylic acids is 1. The normalized spacial score (nSPS) is 26.4. The van der Waals surface area contributed by atoms with Crippen molar-refractivity contribution in [2.75, 3.05) is 20.3 Å². The third kappa shape index (κ3) is 2.81. The van der Waals surface area contributed by atoms with Crippen molar-refractivity contribution in [3.8, 4) is 0 Å². The lowest BCUT2D eigenvalue weighted by Gasteiger charge is -2.35. The molecule has 0 radical (unpaired) electrons. The summed E-state index contributed by atoms with van der Waals surface area (Å²) < 4.78 is 10.3. The van der Waals surface area contributed by atoms with Crippen LogP contribution >= 0.6 is 0 Å². The fraction of sp³-hybridized carbons (Fsp3) is 0.750. The Morgan fingerprint density at radius 2 is 2.33 bits per heavy atom. The van der Waals surface area contributed by atoms with Gasteiger partial charge in [-0.3, -0.25) is 4.79 Å². The van der Waals surface area contributed by atoms with E-state index in [0.29, 0.717) is 19.6 Å². The molecule has 0 aromatic carbocycles. The minimum absolute atomic E-state index is 0.132. The summed E-state index contributed by atoms with van der Waals surface area (Å²) in [5.74, 6) is -0.132. The van der Waals surface area contributed by atoms with E-state index in [1.54, 1.807) is 7.11 Å². The van der Waals surface area contributed by atoms with Gasteiger partial charge in [0.15, 0.2) is 0 Å². The summed E-state index contributed by atoms with van der Waals surface area (Å²) in [5.41, 5.74) is 0.659. The first kappa shape index (κ1) is 12.2. The Hall–Kier alpha value is -0.830. The maximum atomic E-state index is 11.9. The molecule has 0 bridgehead atoms. The first-order valence-electron chi connectivity index (χ1n) is 5.47. The van der Waals surface area contributed by atoms with Crippen molar-refractivity contribution >= 4 is 5.97 Å². The smallest absolute Gasteiger partial charge is 0.314 e. The van der Waals surface area contributed by atoms with Crippen molar-refractivity contribution in [2.24, 2.45) is 5.41 Å². The zero-order chi connectivity index (χ0) is 11.3. The van der Waals surface area contributed by atoms with E-state index in [1.165, 1.54) is 0 Å². The van der Waals surface area contributed by atoms with E-state index < -0.39 is 5.41 Å². The third-order valence-electron chi connectivity index (χ3n) is 2.90. The number of methoxy groups -OCH3 is 1. The van der Waals surface area contributed by atoms with Crippen LogP contribution in [0.5, 0.6) is 0 Å². The molecule has 0 spiro atoms. The van der Waals surface area contributed by atoms with E-state index in [4.69, 9.17) is 9.47 Å². The maximum Gasteiger partial charge on any atom is 0.314 e. The largest absolute Gasteiger partial charge is 0.465 e. The SMILES string of the molecule is C=C1CCCC(COC)(C(=O)OCC)C1. The Bertz CT molecular complexity index is 243. The van der Waals surface area contributed by atoms with Crippen molar-refractivity contribution in [1.82, 2.24) is 0 Å². The van der Waals surface area contributed by atoms with Gasteiger partial charge in [0.1, 0.15) is 0 Å². The molecule has 15 heavy (non-hydrogen) atoms. The summed E-state index contributed by atoms with van der Waals surface area (Å²) in [4.78, 5) is 11.9. The van der Waals surface area contributed by atoms with Crippen LogP contribution in [0, 0.1) is 5.41 Å². The van der Waals surface area contributed by atoms with Gasteiger partial charge in [-0.05, 0) is 32.6 Å². The van der Waals surface area contributed by atoms with Gasteiger partial charge < -0.3 is 9.47 Å². The average Bonchev–Trinajstić information content (AvgIpc) is 2.18. The minimum Gasteiger partial charge on any atom is -0.465 e. The van der Waals surface area contributed by atoms with Crippen LogP contribution < -0.4 is 0 Å². The fourth-order valence-electron chi connectivity index (χ4n) is 2.25. The molecule has 1 rings (SSSR count). The lowest BCUT2D eigenvalue weighted by molar-refractivity contribution is -0.160. The fourth-order valence-corrected chi connectivity index (χ4v) is 2.25. The second-order valence-electron chi connectivity index (χ2n) is 4.21. The van der Waals surface area contributed by atoms with Crippen LogP contribution in [0.3, 0.4) is 0 Å². The zero-order valence-corrected chi connectivity index (χ0v) is 9.67. The molecule has 86 valence electrons. The number of hydrogen-bond donors (Lipinski definition) is 0. The molecule has 0 N–H and O–H groups in total. The summed E-state index contributed by atoms with van der Waals surface area (Å²) in [6.07, 6.45) is 3.57. The molecule has 1 atom stereocenters. The molecular weight excluding hydrogens is 192 g/mol. The first-order valence-corrected chi connectivity index (χ1v) is 5.47. The zero-order valence-electron chi connectivity index (χ0n) is 9.67. The molecule has 3 heteroatoms. The summed E-state index contributed by atoms with van der Waals surface area (Å²) in [6.45, 7) is 6.66. The van der Waals surface area contributed by atoms with E-state index in [1.807, 2.05) is 6.92 Å². The van der Waals surface area contributed by atoms with Crippen LogP contribution in [0.25, 0.3) is 0 Å². The molecule has 3 nitrogen and oxygen atoms in total. The van der Waals surface area contributed by atoms with Gasteiger partial charge in [0.05, 0.1) is 18.6 Å². The molecule has 1 unspecified atom stereocenters. The van der Waals surface area contributed by atoms with E-state index in [0.717, 1.165) is 24.8 Å². The van der Waals surface area contributed by atoms with E-state index in [2.05, 4.69) is 6.58 Å². The molecule has 0 aromatic rings. The van der Waals surface area contributed by atoms with Gasteiger partial charge in [-0.25, -0.2) is 0 Å². The number of hydrogen-bond acceptors (Lipinski definition) is 3. The second-order valence-corrected chi connectivity index (χ2v) is 4.21. The van der Waals surface area contributed by atoms with Gasteiger partial charge in [-0.15, -0.1) is 0 Å². The van der Waals surface area contributed by atoms with Crippen LogP contribution in [0.4, 0.5) is 0 Å². The number of ether oxygens (including phenoxy) is 2. The standard InChI is InChI=1S/C12H20O3/c1-4-15-11(13)12(9-14-3)7-5-6-10(2)8-12/h2,4-9H2,1,3H3. The highest BCUT2D eigenvalue weighted by Gasteiger charge is 2.42. The molecule has 0 heterocycles. The Labute approximate surface area is 91.4 Å². The molecule has 1 aliphatic rings. The molecule has 0 saturated heterocycles. The van der Waals surface area contributed by atoms with Crippen molar-refractivity contribution in [2.45, 2.75) is 32.6 Å². The first-order chi connectivity index (χ1) is 7.14. The van der Waals surface area contributed by atoms with E-state index in [9.17, 15) is 4.79 Å². The van der Waals surface area contributed by atoms with E-state index >= 15 is 0 Å². The highest BCUT2D eigenvalue weighted by Crippen LogP contribution is 2.39. The summed E-state index contributed by atoms with van der Waals surface area (Å²) in [5, 5.41) is 0. The average molecular weight is 212 g/mol. The molecule has 0 aromatic heterocycles. The van der Waals surface area contributed by atoms with Crippen molar-refractivity contribution in [3.63, 3.8) is 0 Å². The number of allylic oxidation sites excluding steroid dienone is 1. The van der Waals surface area contributed by atoms with Crippen LogP contribution in [0.15, 0.2) is 12.2 Å². The Morgan fingerprint density at radius 1 is 1.60 bits per heavy atom. The Morgan fingerprint density at radius 3 is 2.87 bits per heavy atom.